The summed E-state index contributed by atoms with van der Waals surface area (Å²) >= 11 is 0. The second-order valence-corrected chi connectivity index (χ2v) is 2.05. The maximum Gasteiger partial charge on any atom is 0.139 e. The first kappa shape index (κ1) is 4.93. The minimum atomic E-state index is 0.854. The Bertz CT molecular complexity index is 184. The highest BCUT2D eigenvalue weighted by molar-refractivity contribution is 4.93. The van der Waals surface area contributed by atoms with Gasteiger partial charge >= 0.3 is 0 Å². The summed E-state index contributed by atoms with van der Waals surface area (Å²) in [5, 5.41) is 10.7. The molecular weight excluding hydrogens is 116 g/mol. The van der Waals surface area contributed by atoms with Crippen molar-refractivity contribution in [3.8, 4) is 0 Å². The second kappa shape index (κ2) is 1.80. The van der Waals surface area contributed by atoms with Crippen LogP contribution in [0.2, 0.25) is 0 Å². The van der Waals surface area contributed by atoms with Crippen LogP contribution in [0.4, 0.5) is 0 Å². The van der Waals surface area contributed by atoms with E-state index < -0.39 is 0 Å². The van der Waals surface area contributed by atoms with Gasteiger partial charge in [-0.2, -0.15) is 0 Å². The van der Waals surface area contributed by atoms with Crippen LogP contribution in [0.1, 0.15) is 5.69 Å². The molecule has 2 rings (SSSR count). The molecule has 4 nitrogen and oxygen atoms in total. The van der Waals surface area contributed by atoms with Crippen molar-refractivity contribution in [1.82, 2.24) is 20.3 Å². The highest BCUT2D eigenvalue weighted by Gasteiger charge is 2.07. The molecule has 0 aliphatic carbocycles. The molecule has 1 aromatic rings. The molecule has 0 saturated heterocycles. The van der Waals surface area contributed by atoms with Gasteiger partial charge in [-0.1, -0.05) is 5.21 Å². The normalized spacial score (nSPS) is 17.3. The molecule has 0 saturated carbocycles. The third kappa shape index (κ3) is 0.712. The van der Waals surface area contributed by atoms with Gasteiger partial charge in [0, 0.05) is 13.1 Å². The zero-order chi connectivity index (χ0) is 6.10. The lowest BCUT2D eigenvalue weighted by atomic mass is 10.4. The Labute approximate surface area is 52.9 Å². The van der Waals surface area contributed by atoms with Crippen LogP contribution in [0.25, 0.3) is 0 Å². The van der Waals surface area contributed by atoms with Gasteiger partial charge in [0.05, 0.1) is 12.2 Å². The summed E-state index contributed by atoms with van der Waals surface area (Å²) in [5.41, 5.74) is 1.06. The first-order chi connectivity index (χ1) is 4.47. The molecule has 0 bridgehead atoms. The van der Waals surface area contributed by atoms with Crippen molar-refractivity contribution in [2.45, 2.75) is 13.1 Å². The van der Waals surface area contributed by atoms with Crippen LogP contribution in [0.3, 0.4) is 0 Å². The fraction of sp³-hybridized carbons (Fsp3) is 0.600. The van der Waals surface area contributed by atoms with Crippen LogP contribution in [0.15, 0.2) is 0 Å². The summed E-state index contributed by atoms with van der Waals surface area (Å²) in [6.07, 6.45) is 2.80. The fourth-order valence-electron chi connectivity index (χ4n) is 0.948. The lowest BCUT2D eigenvalue weighted by molar-refractivity contribution is 0.467. The third-order valence-corrected chi connectivity index (χ3v) is 1.44. The van der Waals surface area contributed by atoms with Crippen LogP contribution in [0.5, 0.6) is 0 Å². The Balaban J connectivity index is 2.39. The Morgan fingerprint density at radius 2 is 2.67 bits per heavy atom. The van der Waals surface area contributed by atoms with Crippen LogP contribution in [-0.4, -0.2) is 21.5 Å². The SMILES string of the molecule is [c]1nnn2c1CNCC2. The zero-order valence-corrected chi connectivity index (χ0v) is 4.96. The summed E-state index contributed by atoms with van der Waals surface area (Å²) in [6, 6.07) is 0. The number of rotatable bonds is 0. The Morgan fingerprint density at radius 3 is 3.56 bits per heavy atom. The van der Waals surface area contributed by atoms with Crippen molar-refractivity contribution in [1.29, 1.82) is 0 Å². The average molecular weight is 123 g/mol. The molecule has 0 aromatic carbocycles. The molecule has 0 unspecified atom stereocenters. The lowest BCUT2D eigenvalue weighted by Gasteiger charge is -2.11. The van der Waals surface area contributed by atoms with Crippen molar-refractivity contribution in [2.75, 3.05) is 6.54 Å². The van der Waals surface area contributed by atoms with Gasteiger partial charge in [0.15, 0.2) is 0 Å². The summed E-state index contributed by atoms with van der Waals surface area (Å²) in [4.78, 5) is 0. The number of nitrogens with one attached hydrogen (secondary N) is 1. The van der Waals surface area contributed by atoms with E-state index in [-0.39, 0.29) is 0 Å². The molecule has 1 aliphatic heterocycles. The quantitative estimate of drug-likeness (QED) is 0.490. The van der Waals surface area contributed by atoms with Gasteiger partial charge in [0.25, 0.3) is 0 Å². The molecule has 1 aromatic heterocycles. The minimum absolute atomic E-state index is 0.854. The van der Waals surface area contributed by atoms with Crippen LogP contribution < -0.4 is 5.32 Å². The fourth-order valence-corrected chi connectivity index (χ4v) is 0.948. The molecule has 9 heavy (non-hydrogen) atoms. The monoisotopic (exact) mass is 123 g/mol. The van der Waals surface area contributed by atoms with Crippen molar-refractivity contribution < 1.29 is 0 Å². The maximum absolute atomic E-state index is 3.83. The van der Waals surface area contributed by atoms with Crippen molar-refractivity contribution in [2.24, 2.45) is 0 Å². The van der Waals surface area contributed by atoms with Crippen LogP contribution in [-0.2, 0) is 13.1 Å². The molecule has 0 spiro atoms. The van der Waals surface area contributed by atoms with Gasteiger partial charge in [0.2, 0.25) is 0 Å². The summed E-state index contributed by atoms with van der Waals surface area (Å²) in [6.45, 7) is 2.77. The number of fused-ring (bicyclic) bond motifs is 1. The maximum atomic E-state index is 3.83. The van der Waals surface area contributed by atoms with E-state index in [0.717, 1.165) is 25.3 Å². The summed E-state index contributed by atoms with van der Waals surface area (Å²) in [7, 11) is 0. The van der Waals surface area contributed by atoms with Gasteiger partial charge < -0.3 is 5.32 Å². The molecule has 47 valence electrons. The standard InChI is InChI=1S/C5H7N4/c1-2-9-5(3-6-1)4-7-8-9/h6H,1-3H2. The lowest BCUT2D eigenvalue weighted by Crippen LogP contribution is -2.28. The molecular formula is C5H7N4. The van der Waals surface area contributed by atoms with Gasteiger partial charge in [0.1, 0.15) is 6.20 Å². The Morgan fingerprint density at radius 1 is 1.67 bits per heavy atom. The third-order valence-electron chi connectivity index (χ3n) is 1.44. The van der Waals surface area contributed by atoms with Crippen LogP contribution in [0, 0.1) is 6.20 Å². The van der Waals surface area contributed by atoms with Gasteiger partial charge in [-0.05, 0) is 0 Å². The predicted octanol–water partition coefficient (Wildman–Crippen LogP) is -0.819. The average Bonchev–Trinajstić information content (AvgIpc) is 2.33. The molecule has 1 N–H and O–H groups in total. The molecule has 0 amide bonds. The van der Waals surface area contributed by atoms with Gasteiger partial charge in [-0.3, -0.25) is 0 Å². The number of nitrogens with zero attached hydrogens (tertiary/aromatic N) is 3. The topological polar surface area (TPSA) is 42.7 Å². The van der Waals surface area contributed by atoms with Gasteiger partial charge in [-0.15, -0.1) is 5.10 Å². The smallest absolute Gasteiger partial charge is 0.139 e. The van der Waals surface area contributed by atoms with Crippen LogP contribution >= 0.6 is 0 Å². The Hall–Kier alpha value is -0.900. The van der Waals surface area contributed by atoms with E-state index in [1.807, 2.05) is 4.68 Å². The highest BCUT2D eigenvalue weighted by atomic mass is 15.4. The first-order valence-corrected chi connectivity index (χ1v) is 2.97. The predicted molar refractivity (Wildman–Crippen MR) is 30.6 cm³/mol. The van der Waals surface area contributed by atoms with Crippen molar-refractivity contribution >= 4 is 0 Å². The van der Waals surface area contributed by atoms with E-state index in [1.165, 1.54) is 0 Å². The summed E-state index contributed by atoms with van der Waals surface area (Å²) < 4.78 is 1.87. The van der Waals surface area contributed by atoms with E-state index >= 15 is 0 Å². The molecule has 1 aliphatic rings. The molecule has 0 fully saturated rings. The van der Waals surface area contributed by atoms with Gasteiger partial charge in [-0.25, -0.2) is 4.68 Å². The largest absolute Gasteiger partial charge is 0.309 e. The van der Waals surface area contributed by atoms with Crippen molar-refractivity contribution in [3.05, 3.63) is 11.9 Å². The van der Waals surface area contributed by atoms with E-state index in [9.17, 15) is 0 Å². The molecule has 1 radical (unpaired) electrons. The van der Waals surface area contributed by atoms with E-state index in [0.29, 0.717) is 0 Å². The molecule has 0 atom stereocenters. The highest BCUT2D eigenvalue weighted by Crippen LogP contribution is 1.97. The zero-order valence-electron chi connectivity index (χ0n) is 4.96. The number of aromatic nitrogens is 3. The van der Waals surface area contributed by atoms with Crippen molar-refractivity contribution in [3.63, 3.8) is 0 Å². The minimum Gasteiger partial charge on any atom is -0.309 e. The van der Waals surface area contributed by atoms with E-state index in [2.05, 4.69) is 21.8 Å². The first-order valence-electron chi connectivity index (χ1n) is 2.97. The molecule has 2 heterocycles. The van der Waals surface area contributed by atoms with E-state index in [1.54, 1.807) is 0 Å². The second-order valence-electron chi connectivity index (χ2n) is 2.05. The summed E-state index contributed by atoms with van der Waals surface area (Å²) in [5.74, 6) is 0. The molecule has 4 heteroatoms. The number of hydrogen-bond donors (Lipinski definition) is 1. The van der Waals surface area contributed by atoms with E-state index in [4.69, 9.17) is 0 Å². The number of hydrogen-bond acceptors (Lipinski definition) is 3. The Kier molecular flexibility index (Phi) is 0.989.